The van der Waals surface area contributed by atoms with Gasteiger partial charge in [-0.2, -0.15) is 0 Å². The van der Waals surface area contributed by atoms with Gasteiger partial charge in [-0.1, -0.05) is 6.92 Å². The summed E-state index contributed by atoms with van der Waals surface area (Å²) in [6, 6.07) is 1.73. The Morgan fingerprint density at radius 2 is 2.22 bits per heavy atom. The monoisotopic (exact) mass is 251 g/mol. The Labute approximate surface area is 108 Å². The van der Waals surface area contributed by atoms with E-state index >= 15 is 0 Å². The van der Waals surface area contributed by atoms with Crippen LogP contribution in [0.25, 0.3) is 0 Å². The van der Waals surface area contributed by atoms with Crippen LogP contribution in [0.1, 0.15) is 18.4 Å². The van der Waals surface area contributed by atoms with Crippen LogP contribution in [0.3, 0.4) is 0 Å². The van der Waals surface area contributed by atoms with Crippen LogP contribution >= 0.6 is 0 Å². The molecule has 0 spiro atoms. The third kappa shape index (κ3) is 4.29. The Morgan fingerprint density at radius 3 is 2.78 bits per heavy atom. The van der Waals surface area contributed by atoms with Gasteiger partial charge in [0, 0.05) is 31.3 Å². The van der Waals surface area contributed by atoms with Crippen LogP contribution in [0, 0.1) is 12.8 Å². The molecule has 100 valence electrons. The Hall–Kier alpha value is -1.69. The van der Waals surface area contributed by atoms with E-state index in [1.165, 1.54) is 0 Å². The van der Waals surface area contributed by atoms with Crippen molar-refractivity contribution in [3.8, 4) is 0 Å². The number of hydrogen-bond donors (Lipinski definition) is 2. The van der Waals surface area contributed by atoms with E-state index in [-0.39, 0.29) is 11.8 Å². The van der Waals surface area contributed by atoms with Crippen molar-refractivity contribution in [3.63, 3.8) is 0 Å². The van der Waals surface area contributed by atoms with Crippen molar-refractivity contribution in [1.29, 1.82) is 0 Å². The normalized spacial score (nSPS) is 12.5. The highest BCUT2D eigenvalue weighted by molar-refractivity contribution is 5.78. The minimum atomic E-state index is -0.0674. The zero-order chi connectivity index (χ0) is 13.7. The first-order chi connectivity index (χ1) is 8.42. The quantitative estimate of drug-likeness (QED) is 0.780. The van der Waals surface area contributed by atoms with E-state index in [0.717, 1.165) is 5.69 Å². The van der Waals surface area contributed by atoms with Crippen molar-refractivity contribution >= 4 is 11.7 Å². The predicted octanol–water partition coefficient (Wildman–Crippen LogP) is 0.181. The second-order valence-corrected chi connectivity index (χ2v) is 4.56. The van der Waals surface area contributed by atoms with Gasteiger partial charge >= 0.3 is 0 Å². The van der Waals surface area contributed by atoms with E-state index in [4.69, 9.17) is 5.73 Å². The fraction of sp³-hybridized carbons (Fsp3) is 0.583. The van der Waals surface area contributed by atoms with Gasteiger partial charge in [0.2, 0.25) is 5.91 Å². The molecule has 18 heavy (non-hydrogen) atoms. The number of hydrogen-bond acceptors (Lipinski definition) is 5. The summed E-state index contributed by atoms with van der Waals surface area (Å²) in [6.45, 7) is 5.00. The largest absolute Gasteiger partial charge is 0.384 e. The number of amides is 1. The summed E-state index contributed by atoms with van der Waals surface area (Å²) in [5, 5.41) is 2.64. The maximum absolute atomic E-state index is 11.4. The Bertz CT molecular complexity index is 401. The average molecular weight is 251 g/mol. The van der Waals surface area contributed by atoms with Gasteiger partial charge < -0.3 is 11.1 Å². The highest BCUT2D eigenvalue weighted by Crippen LogP contribution is 2.06. The second kappa shape index (κ2) is 6.30. The Morgan fingerprint density at radius 1 is 1.56 bits per heavy atom. The number of rotatable bonds is 5. The lowest BCUT2D eigenvalue weighted by molar-refractivity contribution is -0.124. The Balaban J connectivity index is 2.59. The zero-order valence-electron chi connectivity index (χ0n) is 11.4. The van der Waals surface area contributed by atoms with Crippen LogP contribution in [0.15, 0.2) is 6.07 Å². The summed E-state index contributed by atoms with van der Waals surface area (Å²) in [5.41, 5.74) is 6.52. The van der Waals surface area contributed by atoms with Gasteiger partial charge in [0.15, 0.2) is 0 Å². The SMILES string of the molecule is CNC(=O)C(C)CN(C)Cc1nc(C)cc(N)n1. The number of carbonyl (C=O) groups is 1. The zero-order valence-corrected chi connectivity index (χ0v) is 11.4. The minimum Gasteiger partial charge on any atom is -0.384 e. The number of carbonyl (C=O) groups excluding carboxylic acids is 1. The summed E-state index contributed by atoms with van der Waals surface area (Å²) < 4.78 is 0. The van der Waals surface area contributed by atoms with Gasteiger partial charge in [-0.25, -0.2) is 9.97 Å². The molecule has 1 aromatic rings. The van der Waals surface area contributed by atoms with Crippen molar-refractivity contribution in [2.24, 2.45) is 5.92 Å². The molecule has 1 rings (SSSR count). The lowest BCUT2D eigenvalue weighted by Crippen LogP contribution is -2.34. The number of anilines is 1. The standard InChI is InChI=1S/C12H21N5O/c1-8(12(18)14-3)6-17(4)7-11-15-9(2)5-10(13)16-11/h5,8H,6-7H2,1-4H3,(H,14,18)(H2,13,15,16). The number of nitrogens with one attached hydrogen (secondary N) is 1. The molecule has 0 aliphatic heterocycles. The van der Waals surface area contributed by atoms with Crippen molar-refractivity contribution < 1.29 is 4.79 Å². The minimum absolute atomic E-state index is 0.0338. The van der Waals surface area contributed by atoms with Crippen LogP contribution in [0.4, 0.5) is 5.82 Å². The van der Waals surface area contributed by atoms with Gasteiger partial charge in [0.1, 0.15) is 11.6 Å². The summed E-state index contributed by atoms with van der Waals surface area (Å²) in [6.07, 6.45) is 0. The molecule has 6 nitrogen and oxygen atoms in total. The van der Waals surface area contributed by atoms with Crippen LogP contribution in [-0.4, -0.2) is 41.4 Å². The van der Waals surface area contributed by atoms with E-state index < -0.39 is 0 Å². The fourth-order valence-electron chi connectivity index (χ4n) is 1.83. The smallest absolute Gasteiger partial charge is 0.223 e. The lowest BCUT2D eigenvalue weighted by Gasteiger charge is -2.19. The fourth-order valence-corrected chi connectivity index (χ4v) is 1.83. The molecule has 0 bridgehead atoms. The molecule has 0 aliphatic rings. The van der Waals surface area contributed by atoms with Crippen LogP contribution in [0.5, 0.6) is 0 Å². The van der Waals surface area contributed by atoms with Crippen molar-refractivity contribution in [2.75, 3.05) is 26.4 Å². The number of nitrogen functional groups attached to an aromatic ring is 1. The van der Waals surface area contributed by atoms with Gasteiger partial charge in [0.05, 0.1) is 6.54 Å². The molecule has 1 unspecified atom stereocenters. The van der Waals surface area contributed by atoms with Crippen molar-refractivity contribution in [3.05, 3.63) is 17.6 Å². The summed E-state index contributed by atoms with van der Waals surface area (Å²) >= 11 is 0. The second-order valence-electron chi connectivity index (χ2n) is 4.56. The molecule has 6 heteroatoms. The molecular weight excluding hydrogens is 230 g/mol. The predicted molar refractivity (Wildman–Crippen MR) is 70.7 cm³/mol. The molecule has 0 saturated heterocycles. The first-order valence-corrected chi connectivity index (χ1v) is 5.92. The highest BCUT2D eigenvalue weighted by atomic mass is 16.1. The molecule has 0 aromatic carbocycles. The van der Waals surface area contributed by atoms with Gasteiger partial charge in [-0.3, -0.25) is 9.69 Å². The molecule has 0 radical (unpaired) electrons. The molecule has 1 heterocycles. The van der Waals surface area contributed by atoms with Gasteiger partial charge in [0.25, 0.3) is 0 Å². The maximum atomic E-state index is 11.4. The van der Waals surface area contributed by atoms with Crippen LogP contribution in [-0.2, 0) is 11.3 Å². The Kier molecular flexibility index (Phi) is 5.03. The average Bonchev–Trinajstić information content (AvgIpc) is 2.25. The summed E-state index contributed by atoms with van der Waals surface area (Å²) in [5.74, 6) is 1.12. The van der Waals surface area contributed by atoms with Gasteiger partial charge in [-0.05, 0) is 14.0 Å². The number of aromatic nitrogens is 2. The molecule has 0 fully saturated rings. The van der Waals surface area contributed by atoms with E-state index in [0.29, 0.717) is 24.7 Å². The third-order valence-electron chi connectivity index (χ3n) is 2.61. The molecule has 0 saturated carbocycles. The molecule has 1 amide bonds. The third-order valence-corrected chi connectivity index (χ3v) is 2.61. The van der Waals surface area contributed by atoms with Crippen molar-refractivity contribution in [2.45, 2.75) is 20.4 Å². The van der Waals surface area contributed by atoms with E-state index in [2.05, 4.69) is 15.3 Å². The molecular formula is C12H21N5O. The van der Waals surface area contributed by atoms with Crippen molar-refractivity contribution in [1.82, 2.24) is 20.2 Å². The number of aryl methyl sites for hydroxylation is 1. The molecule has 3 N–H and O–H groups in total. The number of nitrogens with zero attached hydrogens (tertiary/aromatic N) is 3. The van der Waals surface area contributed by atoms with E-state index in [1.807, 2.05) is 25.8 Å². The van der Waals surface area contributed by atoms with Crippen LogP contribution < -0.4 is 11.1 Å². The highest BCUT2D eigenvalue weighted by Gasteiger charge is 2.14. The van der Waals surface area contributed by atoms with Crippen LogP contribution in [0.2, 0.25) is 0 Å². The molecule has 1 aromatic heterocycles. The first-order valence-electron chi connectivity index (χ1n) is 5.92. The van der Waals surface area contributed by atoms with Gasteiger partial charge in [-0.15, -0.1) is 0 Å². The maximum Gasteiger partial charge on any atom is 0.223 e. The van der Waals surface area contributed by atoms with E-state index in [9.17, 15) is 4.79 Å². The molecule has 0 aliphatic carbocycles. The summed E-state index contributed by atoms with van der Waals surface area (Å²) in [7, 11) is 3.57. The summed E-state index contributed by atoms with van der Waals surface area (Å²) in [4.78, 5) is 21.9. The lowest BCUT2D eigenvalue weighted by atomic mass is 10.1. The number of nitrogens with two attached hydrogens (primary N) is 1. The van der Waals surface area contributed by atoms with E-state index in [1.54, 1.807) is 13.1 Å². The topological polar surface area (TPSA) is 84.1 Å². The first kappa shape index (κ1) is 14.4. The molecule has 1 atom stereocenters.